The first kappa shape index (κ1) is 29.9. The Kier molecular flexibility index (Phi) is 6.88. The molecule has 0 heterocycles. The van der Waals surface area contributed by atoms with Crippen LogP contribution in [0.1, 0.15) is 119 Å². The van der Waals surface area contributed by atoms with Gasteiger partial charge in [-0.05, 0) is 133 Å². The van der Waals surface area contributed by atoms with Crippen molar-refractivity contribution in [3.63, 3.8) is 0 Å². The van der Waals surface area contributed by atoms with Gasteiger partial charge in [0.15, 0.2) is 9.84 Å². The van der Waals surface area contributed by atoms with Gasteiger partial charge >= 0.3 is 0 Å². The lowest BCUT2D eigenvalue weighted by Gasteiger charge is -2.71. The molecule has 0 amide bonds. The van der Waals surface area contributed by atoms with Crippen molar-refractivity contribution < 1.29 is 13.5 Å². The minimum absolute atomic E-state index is 0.0292. The number of rotatable bonds is 4. The van der Waals surface area contributed by atoms with Crippen LogP contribution in [0.15, 0.2) is 46.9 Å². The van der Waals surface area contributed by atoms with Crippen LogP contribution in [0.3, 0.4) is 0 Å². The summed E-state index contributed by atoms with van der Waals surface area (Å²) >= 11 is 0. The van der Waals surface area contributed by atoms with Crippen molar-refractivity contribution in [1.29, 1.82) is 0 Å². The smallest absolute Gasteiger partial charge is 0.178 e. The fourth-order valence-electron chi connectivity index (χ4n) is 11.9. The Morgan fingerprint density at radius 3 is 2.22 bits per heavy atom. The van der Waals surface area contributed by atoms with Crippen molar-refractivity contribution in [3.8, 4) is 0 Å². The molecule has 0 unspecified atom stereocenters. The van der Waals surface area contributed by atoms with E-state index in [4.69, 9.17) is 0 Å². The quantitative estimate of drug-likeness (QED) is 0.362. The third-order valence-electron chi connectivity index (χ3n) is 14.8. The van der Waals surface area contributed by atoms with E-state index in [9.17, 15) is 13.5 Å². The lowest BCUT2D eigenvalue weighted by atomic mass is 9.33. The number of hydrogen-bond donors (Lipinski definition) is 1. The molecule has 0 saturated heterocycles. The second-order valence-electron chi connectivity index (χ2n) is 17.3. The van der Waals surface area contributed by atoms with Gasteiger partial charge in [0.1, 0.15) is 0 Å². The largest absolute Gasteiger partial charge is 0.393 e. The van der Waals surface area contributed by atoms with Crippen LogP contribution in [0.2, 0.25) is 0 Å². The number of fused-ring (bicyclic) bond motifs is 7. The Labute approximate surface area is 250 Å². The zero-order chi connectivity index (χ0) is 29.7. The van der Waals surface area contributed by atoms with Crippen molar-refractivity contribution in [1.82, 2.24) is 0 Å². The van der Waals surface area contributed by atoms with Crippen molar-refractivity contribution in [2.24, 2.45) is 50.2 Å². The van der Waals surface area contributed by atoms with Gasteiger partial charge in [0.2, 0.25) is 0 Å². The summed E-state index contributed by atoms with van der Waals surface area (Å²) in [5.41, 5.74) is 2.70. The summed E-state index contributed by atoms with van der Waals surface area (Å²) in [5, 5.41) is 11.0. The van der Waals surface area contributed by atoms with Gasteiger partial charge in [-0.15, -0.1) is 0 Å². The molecular formula is C37H56O3S. The molecule has 8 atom stereocenters. The summed E-state index contributed by atoms with van der Waals surface area (Å²) < 4.78 is 26.9. The molecule has 3 nitrogen and oxygen atoms in total. The lowest BCUT2D eigenvalue weighted by Crippen LogP contribution is -2.64. The van der Waals surface area contributed by atoms with Crippen LogP contribution in [0, 0.1) is 50.2 Å². The number of benzene rings is 1. The van der Waals surface area contributed by atoms with Gasteiger partial charge in [0.05, 0.1) is 16.8 Å². The number of aliphatic hydroxyl groups is 1. The molecule has 4 saturated carbocycles. The number of allylic oxidation sites excluding steroid dienone is 2. The summed E-state index contributed by atoms with van der Waals surface area (Å²) in [6, 6.07) is 9.11. The minimum atomic E-state index is -3.30. The average molecular weight is 581 g/mol. The molecule has 0 bridgehead atoms. The topological polar surface area (TPSA) is 54.4 Å². The Balaban J connectivity index is 1.36. The van der Waals surface area contributed by atoms with Gasteiger partial charge in [-0.25, -0.2) is 8.42 Å². The summed E-state index contributed by atoms with van der Waals surface area (Å²) in [6.07, 6.45) is 14.8. The highest BCUT2D eigenvalue weighted by molar-refractivity contribution is 7.91. The Morgan fingerprint density at radius 1 is 0.829 bits per heavy atom. The first-order chi connectivity index (χ1) is 19.0. The first-order valence-electron chi connectivity index (χ1n) is 16.7. The molecule has 41 heavy (non-hydrogen) atoms. The maximum atomic E-state index is 13.5. The van der Waals surface area contributed by atoms with E-state index in [2.05, 4.69) is 54.5 Å². The molecule has 0 aromatic heterocycles. The van der Waals surface area contributed by atoms with Crippen molar-refractivity contribution in [3.05, 3.63) is 42.0 Å². The molecule has 0 radical (unpaired) electrons. The average Bonchev–Trinajstić information content (AvgIpc) is 2.91. The number of aliphatic hydroxyl groups excluding tert-OH is 1. The maximum absolute atomic E-state index is 13.5. The Morgan fingerprint density at radius 2 is 1.51 bits per heavy atom. The fraction of sp³-hybridized carbons (Fsp3) is 0.784. The standard InChI is InChI=1S/C37H56O3S/c1-32(2)19-21-37(23-24-41(39,40)26-11-9-8-10-12-26)22-20-35(6)27(28(37)25-32)13-14-30-34(5)17-16-31(38)33(3,4)29(34)15-18-36(30,35)7/h8-13,28-31,38H,14-25H2,1-7H3/t28-,29-,30+,31-,34-,35+,36+,37+/m0/s1. The summed E-state index contributed by atoms with van der Waals surface area (Å²) in [7, 11) is -3.30. The van der Waals surface area contributed by atoms with E-state index in [0.29, 0.717) is 22.6 Å². The molecule has 1 aromatic carbocycles. The molecule has 6 rings (SSSR count). The molecule has 1 N–H and O–H groups in total. The number of hydrogen-bond acceptors (Lipinski definition) is 3. The molecule has 228 valence electrons. The number of sulfone groups is 1. The van der Waals surface area contributed by atoms with Gasteiger partial charge < -0.3 is 5.11 Å². The van der Waals surface area contributed by atoms with Crippen LogP contribution in [0.25, 0.3) is 0 Å². The van der Waals surface area contributed by atoms with E-state index in [-0.39, 0.29) is 44.3 Å². The summed E-state index contributed by atoms with van der Waals surface area (Å²) in [5.74, 6) is 1.94. The van der Waals surface area contributed by atoms with Crippen molar-refractivity contribution in [2.45, 2.75) is 130 Å². The van der Waals surface area contributed by atoms with E-state index in [1.54, 1.807) is 17.7 Å². The molecular weight excluding hydrogens is 524 g/mol. The predicted octanol–water partition coefficient (Wildman–Crippen LogP) is 9.01. The van der Waals surface area contributed by atoms with Crippen LogP contribution in [0.4, 0.5) is 0 Å². The normalized spacial score (nSPS) is 44.9. The fourth-order valence-corrected chi connectivity index (χ4v) is 13.3. The second-order valence-corrected chi connectivity index (χ2v) is 19.4. The summed E-state index contributed by atoms with van der Waals surface area (Å²) in [4.78, 5) is 0.475. The zero-order valence-corrected chi connectivity index (χ0v) is 27.7. The first-order valence-corrected chi connectivity index (χ1v) is 18.3. The highest BCUT2D eigenvalue weighted by Gasteiger charge is 2.68. The van der Waals surface area contributed by atoms with E-state index < -0.39 is 9.84 Å². The van der Waals surface area contributed by atoms with Gasteiger partial charge in [0.25, 0.3) is 0 Å². The van der Waals surface area contributed by atoms with E-state index in [1.165, 1.54) is 32.1 Å². The molecule has 4 heteroatoms. The maximum Gasteiger partial charge on any atom is 0.178 e. The van der Waals surface area contributed by atoms with E-state index in [1.807, 2.05) is 18.2 Å². The highest BCUT2D eigenvalue weighted by Crippen LogP contribution is 2.76. The van der Waals surface area contributed by atoms with Crippen LogP contribution in [-0.2, 0) is 9.84 Å². The van der Waals surface area contributed by atoms with Gasteiger partial charge in [0, 0.05) is 0 Å². The second kappa shape index (κ2) is 9.43. The van der Waals surface area contributed by atoms with E-state index in [0.717, 1.165) is 38.5 Å². The predicted molar refractivity (Wildman–Crippen MR) is 168 cm³/mol. The van der Waals surface area contributed by atoms with Crippen LogP contribution >= 0.6 is 0 Å². The highest BCUT2D eigenvalue weighted by atomic mass is 32.2. The van der Waals surface area contributed by atoms with Gasteiger partial charge in [-0.3, -0.25) is 0 Å². The molecule has 5 aliphatic rings. The third-order valence-corrected chi connectivity index (χ3v) is 16.5. The minimum Gasteiger partial charge on any atom is -0.393 e. The SMILES string of the molecule is CC1(C)CC[C@]2(CCS(=O)(=O)c3ccccc3)CC[C@]3(C)C(=CC[C@@H]4[C@@]5(C)CC[C@H](O)C(C)(C)[C@@H]5CC[C@]43C)[C@@H]2C1. The molecule has 4 fully saturated rings. The monoisotopic (exact) mass is 580 g/mol. The van der Waals surface area contributed by atoms with Crippen LogP contribution < -0.4 is 0 Å². The molecule has 0 spiro atoms. The Hall–Kier alpha value is -1.13. The van der Waals surface area contributed by atoms with Crippen molar-refractivity contribution in [2.75, 3.05) is 5.75 Å². The van der Waals surface area contributed by atoms with E-state index >= 15 is 0 Å². The lowest BCUT2D eigenvalue weighted by molar-refractivity contribution is -0.203. The summed E-state index contributed by atoms with van der Waals surface area (Å²) in [6.45, 7) is 17.4. The molecule has 0 aliphatic heterocycles. The van der Waals surface area contributed by atoms with Crippen LogP contribution in [-0.4, -0.2) is 25.4 Å². The third kappa shape index (κ3) is 4.30. The molecule has 1 aromatic rings. The zero-order valence-electron chi connectivity index (χ0n) is 26.9. The van der Waals surface area contributed by atoms with Crippen LogP contribution in [0.5, 0.6) is 0 Å². The van der Waals surface area contributed by atoms with Gasteiger partial charge in [-0.2, -0.15) is 0 Å². The van der Waals surface area contributed by atoms with Gasteiger partial charge in [-0.1, -0.05) is 78.3 Å². The van der Waals surface area contributed by atoms with Crippen molar-refractivity contribution >= 4 is 9.84 Å². The molecule has 5 aliphatic carbocycles. The Bertz CT molecular complexity index is 1310.